The zero-order valence-corrected chi connectivity index (χ0v) is 8.49. The van der Waals surface area contributed by atoms with E-state index in [1.807, 2.05) is 6.07 Å². The van der Waals surface area contributed by atoms with Crippen LogP contribution < -0.4 is 0 Å². The minimum absolute atomic E-state index is 0.0727. The van der Waals surface area contributed by atoms with Crippen LogP contribution in [0.3, 0.4) is 0 Å². The lowest BCUT2D eigenvalue weighted by Crippen LogP contribution is -2.03. The first-order chi connectivity index (χ1) is 6.72. The molecule has 0 N–H and O–H groups in total. The molecule has 0 radical (unpaired) electrons. The van der Waals surface area contributed by atoms with Crippen molar-refractivity contribution in [1.29, 1.82) is 0 Å². The highest BCUT2D eigenvalue weighted by molar-refractivity contribution is 5.77. The first-order valence-corrected chi connectivity index (χ1v) is 4.87. The lowest BCUT2D eigenvalue weighted by Gasteiger charge is -2.00. The molecule has 2 atom stereocenters. The predicted molar refractivity (Wildman–Crippen MR) is 54.0 cm³/mol. The fourth-order valence-corrected chi connectivity index (χ4v) is 1.88. The summed E-state index contributed by atoms with van der Waals surface area (Å²) in [6, 6.07) is 8.34. The highest BCUT2D eigenvalue weighted by Gasteiger charge is 2.44. The monoisotopic (exact) mass is 190 g/mol. The highest BCUT2D eigenvalue weighted by Crippen LogP contribution is 2.48. The third-order valence-electron chi connectivity index (χ3n) is 2.76. The normalized spacial score (nSPS) is 24.4. The molecule has 0 bridgehead atoms. The predicted octanol–water partition coefficient (Wildman–Crippen LogP) is 2.27. The van der Waals surface area contributed by atoms with Gasteiger partial charge in [0, 0.05) is 0 Å². The molecule has 0 aromatic heterocycles. The van der Waals surface area contributed by atoms with Gasteiger partial charge in [0.05, 0.1) is 13.0 Å². The number of hydrogen-bond donors (Lipinski definition) is 0. The van der Waals surface area contributed by atoms with Crippen molar-refractivity contribution in [2.45, 2.75) is 19.3 Å². The second-order valence-electron chi connectivity index (χ2n) is 3.89. The van der Waals surface area contributed by atoms with Gasteiger partial charge >= 0.3 is 5.97 Å². The van der Waals surface area contributed by atoms with Gasteiger partial charge in [0.15, 0.2) is 0 Å². The summed E-state index contributed by atoms with van der Waals surface area (Å²) in [5.74, 6) is 0.417. The highest BCUT2D eigenvalue weighted by atomic mass is 16.5. The van der Waals surface area contributed by atoms with E-state index in [9.17, 15) is 4.79 Å². The van der Waals surface area contributed by atoms with E-state index < -0.39 is 0 Å². The summed E-state index contributed by atoms with van der Waals surface area (Å²) in [6.07, 6.45) is 0.941. The standard InChI is InChI=1S/C12H14O2/c1-8-4-3-5-9(6-8)10-7-11(10)12(13)14-2/h3-6,10-11H,7H2,1-2H3. The number of ether oxygens (including phenoxy) is 1. The van der Waals surface area contributed by atoms with Crippen LogP contribution in [-0.4, -0.2) is 13.1 Å². The van der Waals surface area contributed by atoms with E-state index in [1.54, 1.807) is 0 Å². The molecule has 1 fully saturated rings. The van der Waals surface area contributed by atoms with Gasteiger partial charge in [-0.15, -0.1) is 0 Å². The molecule has 1 aromatic carbocycles. The smallest absolute Gasteiger partial charge is 0.309 e. The van der Waals surface area contributed by atoms with E-state index in [2.05, 4.69) is 25.1 Å². The number of aryl methyl sites for hydroxylation is 1. The molecule has 1 aliphatic carbocycles. The molecular weight excluding hydrogens is 176 g/mol. The summed E-state index contributed by atoms with van der Waals surface area (Å²) in [5, 5.41) is 0. The average molecular weight is 190 g/mol. The molecule has 14 heavy (non-hydrogen) atoms. The van der Waals surface area contributed by atoms with Crippen molar-refractivity contribution in [2.24, 2.45) is 5.92 Å². The Kier molecular flexibility index (Phi) is 2.28. The first kappa shape index (κ1) is 9.25. The van der Waals surface area contributed by atoms with Gasteiger partial charge in [0.2, 0.25) is 0 Å². The van der Waals surface area contributed by atoms with Gasteiger partial charge in [-0.05, 0) is 24.8 Å². The molecule has 2 heteroatoms. The van der Waals surface area contributed by atoms with Gasteiger partial charge in [0.1, 0.15) is 0 Å². The van der Waals surface area contributed by atoms with Crippen molar-refractivity contribution in [3.05, 3.63) is 35.4 Å². The van der Waals surface area contributed by atoms with Crippen LogP contribution in [0.5, 0.6) is 0 Å². The molecule has 0 heterocycles. The fourth-order valence-electron chi connectivity index (χ4n) is 1.88. The van der Waals surface area contributed by atoms with Gasteiger partial charge < -0.3 is 4.74 Å². The molecular formula is C12H14O2. The van der Waals surface area contributed by atoms with Crippen molar-refractivity contribution in [1.82, 2.24) is 0 Å². The maximum Gasteiger partial charge on any atom is 0.309 e. The summed E-state index contributed by atoms with van der Waals surface area (Å²) in [5.41, 5.74) is 2.51. The Morgan fingerprint density at radius 3 is 2.93 bits per heavy atom. The van der Waals surface area contributed by atoms with Gasteiger partial charge in [-0.25, -0.2) is 0 Å². The summed E-state index contributed by atoms with van der Waals surface area (Å²) in [6.45, 7) is 2.07. The zero-order chi connectivity index (χ0) is 10.1. The molecule has 74 valence electrons. The van der Waals surface area contributed by atoms with Crippen LogP contribution in [-0.2, 0) is 9.53 Å². The maximum atomic E-state index is 11.2. The van der Waals surface area contributed by atoms with Crippen LogP contribution in [0, 0.1) is 12.8 Å². The van der Waals surface area contributed by atoms with E-state index in [1.165, 1.54) is 18.2 Å². The topological polar surface area (TPSA) is 26.3 Å². The maximum absolute atomic E-state index is 11.2. The Morgan fingerprint density at radius 2 is 2.29 bits per heavy atom. The Bertz CT molecular complexity index is 357. The fraction of sp³-hybridized carbons (Fsp3) is 0.417. The Morgan fingerprint density at radius 1 is 1.50 bits per heavy atom. The van der Waals surface area contributed by atoms with Gasteiger partial charge in [-0.1, -0.05) is 29.8 Å². The molecule has 1 saturated carbocycles. The SMILES string of the molecule is COC(=O)C1CC1c1cccc(C)c1. The Balaban J connectivity index is 2.09. The minimum atomic E-state index is -0.0727. The first-order valence-electron chi connectivity index (χ1n) is 4.87. The molecule has 2 rings (SSSR count). The molecule has 2 nitrogen and oxygen atoms in total. The molecule has 0 spiro atoms. The third-order valence-corrected chi connectivity index (χ3v) is 2.76. The minimum Gasteiger partial charge on any atom is -0.469 e. The van der Waals surface area contributed by atoms with Crippen LogP contribution in [0.4, 0.5) is 0 Å². The number of hydrogen-bond acceptors (Lipinski definition) is 2. The van der Waals surface area contributed by atoms with E-state index in [0.717, 1.165) is 6.42 Å². The molecule has 1 aromatic rings. The van der Waals surface area contributed by atoms with E-state index >= 15 is 0 Å². The molecule has 0 aliphatic heterocycles. The number of carbonyl (C=O) groups is 1. The van der Waals surface area contributed by atoms with E-state index in [-0.39, 0.29) is 11.9 Å². The van der Waals surface area contributed by atoms with E-state index in [4.69, 9.17) is 4.74 Å². The molecule has 1 aliphatic rings. The lowest BCUT2D eigenvalue weighted by atomic mass is 10.1. The number of esters is 1. The van der Waals surface area contributed by atoms with Crippen molar-refractivity contribution in [2.75, 3.05) is 7.11 Å². The Labute approximate surface area is 83.9 Å². The molecule has 2 unspecified atom stereocenters. The number of carbonyl (C=O) groups excluding carboxylic acids is 1. The largest absolute Gasteiger partial charge is 0.469 e. The van der Waals surface area contributed by atoms with Crippen LogP contribution in [0.25, 0.3) is 0 Å². The lowest BCUT2D eigenvalue weighted by molar-refractivity contribution is -0.142. The summed E-state index contributed by atoms with van der Waals surface area (Å²) in [4.78, 5) is 11.2. The number of rotatable bonds is 2. The van der Waals surface area contributed by atoms with Crippen LogP contribution in [0.2, 0.25) is 0 Å². The van der Waals surface area contributed by atoms with Crippen molar-refractivity contribution < 1.29 is 9.53 Å². The molecule has 0 amide bonds. The number of benzene rings is 1. The summed E-state index contributed by atoms with van der Waals surface area (Å²) >= 11 is 0. The van der Waals surface area contributed by atoms with Crippen LogP contribution >= 0.6 is 0 Å². The Hall–Kier alpha value is -1.31. The van der Waals surface area contributed by atoms with E-state index in [0.29, 0.717) is 5.92 Å². The number of methoxy groups -OCH3 is 1. The van der Waals surface area contributed by atoms with Crippen LogP contribution in [0.15, 0.2) is 24.3 Å². The summed E-state index contributed by atoms with van der Waals surface area (Å²) in [7, 11) is 1.45. The third kappa shape index (κ3) is 1.65. The van der Waals surface area contributed by atoms with Crippen molar-refractivity contribution in [3.63, 3.8) is 0 Å². The second-order valence-corrected chi connectivity index (χ2v) is 3.89. The molecule has 0 saturated heterocycles. The van der Waals surface area contributed by atoms with Crippen molar-refractivity contribution >= 4 is 5.97 Å². The average Bonchev–Trinajstić information content (AvgIpc) is 2.96. The second kappa shape index (κ2) is 3.45. The summed E-state index contributed by atoms with van der Waals surface area (Å²) < 4.78 is 4.72. The van der Waals surface area contributed by atoms with Gasteiger partial charge in [-0.3, -0.25) is 4.79 Å². The van der Waals surface area contributed by atoms with Crippen LogP contribution in [0.1, 0.15) is 23.5 Å². The van der Waals surface area contributed by atoms with Gasteiger partial charge in [-0.2, -0.15) is 0 Å². The van der Waals surface area contributed by atoms with Crippen molar-refractivity contribution in [3.8, 4) is 0 Å². The quantitative estimate of drug-likeness (QED) is 0.669. The van der Waals surface area contributed by atoms with Gasteiger partial charge in [0.25, 0.3) is 0 Å². The zero-order valence-electron chi connectivity index (χ0n) is 8.49.